The van der Waals surface area contributed by atoms with Crippen molar-refractivity contribution in [2.75, 3.05) is 6.61 Å². The second-order valence-electron chi connectivity index (χ2n) is 5.75. The highest BCUT2D eigenvalue weighted by Crippen LogP contribution is 2.34. The molecule has 0 amide bonds. The minimum atomic E-state index is -0.285. The highest BCUT2D eigenvalue weighted by Gasteiger charge is 2.37. The summed E-state index contributed by atoms with van der Waals surface area (Å²) in [4.78, 5) is 22.7. The van der Waals surface area contributed by atoms with Gasteiger partial charge in [0.2, 0.25) is 0 Å². The highest BCUT2D eigenvalue weighted by molar-refractivity contribution is 5.90. The lowest BCUT2D eigenvalue weighted by Crippen LogP contribution is -2.17. The molecule has 0 unspecified atom stereocenters. The third-order valence-corrected chi connectivity index (χ3v) is 4.02. The first-order chi connectivity index (χ1) is 9.97. The third-order valence-electron chi connectivity index (χ3n) is 4.02. The molecule has 4 heteroatoms. The van der Waals surface area contributed by atoms with E-state index in [2.05, 4.69) is 25.7 Å². The average molecular weight is 290 g/mol. The fourth-order valence-corrected chi connectivity index (χ4v) is 2.77. The van der Waals surface area contributed by atoms with Crippen LogP contribution in [0.5, 0.6) is 0 Å². The summed E-state index contributed by atoms with van der Waals surface area (Å²) in [6.45, 7) is 7.65. The Morgan fingerprint density at radius 1 is 1.48 bits per heavy atom. The monoisotopic (exact) mass is 290 g/mol. The van der Waals surface area contributed by atoms with E-state index in [4.69, 9.17) is 9.47 Å². The molecule has 2 atom stereocenters. The van der Waals surface area contributed by atoms with Crippen LogP contribution < -0.4 is 0 Å². The van der Waals surface area contributed by atoms with Gasteiger partial charge in [0.05, 0.1) is 0 Å². The van der Waals surface area contributed by atoms with Gasteiger partial charge in [-0.2, -0.15) is 0 Å². The normalized spacial score (nSPS) is 31.3. The van der Waals surface area contributed by atoms with Crippen LogP contribution in [0.15, 0.2) is 35.5 Å². The third kappa shape index (κ3) is 4.06. The molecule has 21 heavy (non-hydrogen) atoms. The molecule has 0 N–H and O–H groups in total. The number of carbonyl (C=O) groups excluding carboxylic acids is 2. The zero-order valence-corrected chi connectivity index (χ0v) is 12.7. The second-order valence-corrected chi connectivity index (χ2v) is 5.75. The molecule has 1 aliphatic carbocycles. The molecule has 0 aromatic carbocycles. The van der Waals surface area contributed by atoms with E-state index in [0.717, 1.165) is 24.8 Å². The van der Waals surface area contributed by atoms with Crippen molar-refractivity contribution in [3.8, 4) is 0 Å². The van der Waals surface area contributed by atoms with Crippen molar-refractivity contribution >= 4 is 11.9 Å². The molecule has 0 radical (unpaired) electrons. The Morgan fingerprint density at radius 2 is 2.24 bits per heavy atom. The predicted octanol–water partition coefficient (Wildman–Crippen LogP) is 3.09. The van der Waals surface area contributed by atoms with Crippen LogP contribution in [0.4, 0.5) is 0 Å². The second kappa shape index (κ2) is 6.74. The van der Waals surface area contributed by atoms with Crippen LogP contribution in [-0.2, 0) is 19.1 Å². The zero-order chi connectivity index (χ0) is 15.4. The molecule has 1 aliphatic heterocycles. The summed E-state index contributed by atoms with van der Waals surface area (Å²) in [5.41, 5.74) is 2.86. The maximum absolute atomic E-state index is 11.7. The highest BCUT2D eigenvalue weighted by atomic mass is 16.6. The molecule has 0 aromatic heterocycles. The molecule has 0 spiro atoms. The number of allylic oxidation sites excluding steroid dienone is 2. The number of rotatable bonds is 2. The van der Waals surface area contributed by atoms with Gasteiger partial charge in [-0.25, -0.2) is 4.79 Å². The summed E-state index contributed by atoms with van der Waals surface area (Å²) in [7, 11) is 0. The molecule has 114 valence electrons. The number of carbonyl (C=O) groups is 2. The predicted molar refractivity (Wildman–Crippen MR) is 79.5 cm³/mol. The Labute approximate surface area is 125 Å². The Hall–Kier alpha value is -1.84. The van der Waals surface area contributed by atoms with Gasteiger partial charge in [0.15, 0.2) is 0 Å². The summed E-state index contributed by atoms with van der Waals surface area (Å²) in [6.07, 6.45) is 7.36. The van der Waals surface area contributed by atoms with Crippen LogP contribution in [0.1, 0.15) is 39.5 Å². The van der Waals surface area contributed by atoms with Crippen molar-refractivity contribution in [3.63, 3.8) is 0 Å². The van der Waals surface area contributed by atoms with E-state index in [1.165, 1.54) is 12.5 Å². The van der Waals surface area contributed by atoms with Crippen LogP contribution in [-0.4, -0.2) is 24.6 Å². The molecular formula is C17H22O4. The van der Waals surface area contributed by atoms with Crippen molar-refractivity contribution in [1.29, 1.82) is 0 Å². The quantitative estimate of drug-likeness (QED) is 0.445. The Kier molecular flexibility index (Phi) is 4.99. The van der Waals surface area contributed by atoms with Gasteiger partial charge in [-0.1, -0.05) is 24.3 Å². The van der Waals surface area contributed by atoms with Gasteiger partial charge in [-0.3, -0.25) is 4.79 Å². The zero-order valence-electron chi connectivity index (χ0n) is 12.7. The standard InChI is InChI=1S/C17H22O4/c1-11-5-4-6-14(10-20-13(3)18)7-8-15-12(2)17(19)21-16(15)9-11/h5,7,15-16H,2,4,6,8-10H2,1,3H3/b11-5+,14-7-/t15-,16+/m1/s1. The molecule has 0 aromatic rings. The van der Waals surface area contributed by atoms with Crippen LogP contribution in [0.2, 0.25) is 0 Å². The molecule has 2 rings (SSSR count). The van der Waals surface area contributed by atoms with E-state index in [0.29, 0.717) is 18.6 Å². The summed E-state index contributed by atoms with van der Waals surface area (Å²) in [5, 5.41) is 0. The van der Waals surface area contributed by atoms with E-state index in [1.54, 1.807) is 0 Å². The van der Waals surface area contributed by atoms with Gasteiger partial charge >= 0.3 is 11.9 Å². The van der Waals surface area contributed by atoms with Gasteiger partial charge in [0.1, 0.15) is 12.7 Å². The number of hydrogen-bond acceptors (Lipinski definition) is 4. The Bertz CT molecular complexity index is 513. The minimum absolute atomic E-state index is 0.0197. The van der Waals surface area contributed by atoms with Gasteiger partial charge < -0.3 is 9.47 Å². The maximum Gasteiger partial charge on any atom is 0.334 e. The number of esters is 2. The Balaban J connectivity index is 2.15. The van der Waals surface area contributed by atoms with Gasteiger partial charge in [0.25, 0.3) is 0 Å². The van der Waals surface area contributed by atoms with E-state index in [-0.39, 0.29) is 24.0 Å². The maximum atomic E-state index is 11.7. The van der Waals surface area contributed by atoms with Crippen LogP contribution in [0.25, 0.3) is 0 Å². The van der Waals surface area contributed by atoms with Crippen molar-refractivity contribution in [2.45, 2.75) is 45.6 Å². The molecule has 4 nitrogen and oxygen atoms in total. The van der Waals surface area contributed by atoms with Gasteiger partial charge in [-0.15, -0.1) is 0 Å². The first kappa shape index (κ1) is 15.5. The van der Waals surface area contributed by atoms with Crippen molar-refractivity contribution in [3.05, 3.63) is 35.5 Å². The first-order valence-corrected chi connectivity index (χ1v) is 7.34. The van der Waals surface area contributed by atoms with Crippen LogP contribution >= 0.6 is 0 Å². The van der Waals surface area contributed by atoms with Crippen LogP contribution in [0, 0.1) is 5.92 Å². The molecule has 1 saturated heterocycles. The van der Waals surface area contributed by atoms with Crippen molar-refractivity contribution in [2.24, 2.45) is 5.92 Å². The van der Waals surface area contributed by atoms with Gasteiger partial charge in [-0.05, 0) is 31.8 Å². The summed E-state index contributed by atoms with van der Waals surface area (Å²) in [6, 6.07) is 0. The Morgan fingerprint density at radius 3 is 2.95 bits per heavy atom. The lowest BCUT2D eigenvalue weighted by atomic mass is 9.88. The number of hydrogen-bond donors (Lipinski definition) is 0. The summed E-state index contributed by atoms with van der Waals surface area (Å²) in [5.74, 6) is -0.542. The average Bonchev–Trinajstić information content (AvgIpc) is 2.67. The van der Waals surface area contributed by atoms with E-state index in [9.17, 15) is 9.59 Å². The van der Waals surface area contributed by atoms with Gasteiger partial charge in [0, 0.05) is 24.8 Å². The smallest absolute Gasteiger partial charge is 0.334 e. The molecule has 1 heterocycles. The van der Waals surface area contributed by atoms with E-state index >= 15 is 0 Å². The molecule has 2 aliphatic rings. The van der Waals surface area contributed by atoms with E-state index < -0.39 is 0 Å². The fourth-order valence-electron chi connectivity index (χ4n) is 2.77. The largest absolute Gasteiger partial charge is 0.461 e. The molecule has 1 fully saturated rings. The molecular weight excluding hydrogens is 268 g/mol. The minimum Gasteiger partial charge on any atom is -0.461 e. The molecule has 0 saturated carbocycles. The number of fused-ring (bicyclic) bond motifs is 1. The lowest BCUT2D eigenvalue weighted by molar-refractivity contribution is -0.140. The lowest BCUT2D eigenvalue weighted by Gasteiger charge is -2.19. The van der Waals surface area contributed by atoms with Crippen LogP contribution in [0.3, 0.4) is 0 Å². The number of ether oxygens (including phenoxy) is 2. The SMILES string of the molecule is C=C1C(=O)O[C@H]2C/C(C)=C/CC/C(COC(C)=O)=C/C[C@H]12. The van der Waals surface area contributed by atoms with Crippen molar-refractivity contribution in [1.82, 2.24) is 0 Å². The van der Waals surface area contributed by atoms with E-state index in [1.807, 2.05) is 0 Å². The fraction of sp³-hybridized carbons (Fsp3) is 0.529. The van der Waals surface area contributed by atoms with Crippen molar-refractivity contribution < 1.29 is 19.1 Å². The summed E-state index contributed by atoms with van der Waals surface area (Å²) < 4.78 is 10.5. The topological polar surface area (TPSA) is 52.6 Å². The first-order valence-electron chi connectivity index (χ1n) is 7.34. The molecule has 0 bridgehead atoms. The summed E-state index contributed by atoms with van der Waals surface area (Å²) >= 11 is 0.